The molecule has 0 aliphatic carbocycles. The molecule has 3 aliphatic rings. The molecule has 1 aromatic heterocycles. The van der Waals surface area contributed by atoms with Gasteiger partial charge in [-0.05, 0) is 42.7 Å². The normalized spacial score (nSPS) is 24.0. The third kappa shape index (κ3) is 4.80. The summed E-state index contributed by atoms with van der Waals surface area (Å²) in [7, 11) is 0. The molecule has 2 atom stereocenters. The van der Waals surface area contributed by atoms with Gasteiger partial charge < -0.3 is 19.7 Å². The standard InChI is InChI=1S/C24H36N4O3/c1-16(29)26-9-7-19(8-10-26)25-20-5-6-21-18-11-17(14-28(21)23(20)31)13-27(15-18)22(30)12-24(2,3)4/h5-6,17-19,25H,7-15H2,1-4H3/t17-,18-/m1/s1. The van der Waals surface area contributed by atoms with Crippen LogP contribution in [-0.2, 0) is 16.1 Å². The number of nitrogens with zero attached hydrogens (tertiary/aromatic N) is 3. The smallest absolute Gasteiger partial charge is 0.274 e. The maximum atomic E-state index is 13.2. The Balaban J connectivity index is 1.46. The van der Waals surface area contributed by atoms with Gasteiger partial charge in [0.05, 0.1) is 0 Å². The van der Waals surface area contributed by atoms with Gasteiger partial charge in [-0.25, -0.2) is 0 Å². The number of rotatable bonds is 3. The first kappa shape index (κ1) is 21.9. The van der Waals surface area contributed by atoms with Crippen molar-refractivity contribution in [2.75, 3.05) is 31.5 Å². The summed E-state index contributed by atoms with van der Waals surface area (Å²) >= 11 is 0. The Morgan fingerprint density at radius 3 is 2.42 bits per heavy atom. The highest BCUT2D eigenvalue weighted by molar-refractivity contribution is 5.77. The lowest BCUT2D eigenvalue weighted by Crippen LogP contribution is -2.50. The van der Waals surface area contributed by atoms with E-state index in [0.717, 1.165) is 44.6 Å². The van der Waals surface area contributed by atoms with Gasteiger partial charge in [-0.3, -0.25) is 14.4 Å². The molecule has 2 saturated heterocycles. The molecule has 2 bridgehead atoms. The Morgan fingerprint density at radius 2 is 1.77 bits per heavy atom. The van der Waals surface area contributed by atoms with Gasteiger partial charge in [0, 0.05) is 63.7 Å². The fourth-order valence-corrected chi connectivity index (χ4v) is 5.38. The zero-order chi connectivity index (χ0) is 22.3. The van der Waals surface area contributed by atoms with E-state index in [9.17, 15) is 14.4 Å². The predicted octanol–water partition coefficient (Wildman–Crippen LogP) is 2.65. The maximum absolute atomic E-state index is 13.2. The molecular weight excluding hydrogens is 392 g/mol. The minimum atomic E-state index is -0.0143. The fourth-order valence-electron chi connectivity index (χ4n) is 5.38. The maximum Gasteiger partial charge on any atom is 0.274 e. The molecule has 0 unspecified atom stereocenters. The fraction of sp³-hybridized carbons (Fsp3) is 0.708. The van der Waals surface area contributed by atoms with Crippen LogP contribution in [0.3, 0.4) is 0 Å². The molecule has 0 spiro atoms. The number of amides is 2. The summed E-state index contributed by atoms with van der Waals surface area (Å²) in [5, 5.41) is 3.44. The number of hydrogen-bond donors (Lipinski definition) is 1. The number of aromatic nitrogens is 1. The van der Waals surface area contributed by atoms with E-state index in [1.807, 2.05) is 20.4 Å². The van der Waals surface area contributed by atoms with Gasteiger partial charge in [0.2, 0.25) is 11.8 Å². The van der Waals surface area contributed by atoms with Crippen molar-refractivity contribution in [1.82, 2.24) is 14.4 Å². The summed E-state index contributed by atoms with van der Waals surface area (Å²) in [6, 6.07) is 4.21. The van der Waals surface area contributed by atoms with Crippen LogP contribution < -0.4 is 10.9 Å². The second-order valence-electron chi connectivity index (χ2n) is 10.8. The van der Waals surface area contributed by atoms with Crippen molar-refractivity contribution >= 4 is 17.5 Å². The van der Waals surface area contributed by atoms with Crippen molar-refractivity contribution in [3.05, 3.63) is 28.2 Å². The lowest BCUT2D eigenvalue weighted by molar-refractivity contribution is -0.136. The first-order valence-electron chi connectivity index (χ1n) is 11.6. The number of pyridine rings is 1. The summed E-state index contributed by atoms with van der Waals surface area (Å²) in [6.07, 6.45) is 3.33. The Hall–Kier alpha value is -2.31. The number of likely N-dealkylation sites (tertiary alicyclic amines) is 2. The van der Waals surface area contributed by atoms with Gasteiger partial charge in [0.15, 0.2) is 0 Å². The van der Waals surface area contributed by atoms with Gasteiger partial charge >= 0.3 is 0 Å². The van der Waals surface area contributed by atoms with Crippen molar-refractivity contribution in [2.24, 2.45) is 11.3 Å². The quantitative estimate of drug-likeness (QED) is 0.803. The molecule has 31 heavy (non-hydrogen) atoms. The van der Waals surface area contributed by atoms with E-state index >= 15 is 0 Å². The number of carbonyl (C=O) groups is 2. The van der Waals surface area contributed by atoms with Crippen LogP contribution in [0.15, 0.2) is 16.9 Å². The van der Waals surface area contributed by atoms with E-state index in [0.29, 0.717) is 31.1 Å². The van der Waals surface area contributed by atoms with E-state index in [2.05, 4.69) is 32.2 Å². The van der Waals surface area contributed by atoms with Gasteiger partial charge in [0.25, 0.3) is 5.56 Å². The van der Waals surface area contributed by atoms with E-state index in [-0.39, 0.29) is 34.7 Å². The zero-order valence-electron chi connectivity index (χ0n) is 19.3. The molecule has 0 saturated carbocycles. The molecule has 170 valence electrons. The number of fused-ring (bicyclic) bond motifs is 4. The average molecular weight is 429 g/mol. The predicted molar refractivity (Wildman–Crippen MR) is 121 cm³/mol. The Morgan fingerprint density at radius 1 is 1.06 bits per heavy atom. The molecule has 2 amide bonds. The van der Waals surface area contributed by atoms with Gasteiger partial charge in [-0.15, -0.1) is 0 Å². The molecule has 2 fully saturated rings. The number of nitrogens with one attached hydrogen (secondary N) is 1. The van der Waals surface area contributed by atoms with Crippen LogP contribution in [0, 0.1) is 11.3 Å². The molecule has 4 rings (SSSR count). The SMILES string of the molecule is CC(=O)N1CCC(Nc2ccc3n(c2=O)C[C@@H]2C[C@@H]3CN(C(=O)CC(C)(C)C)C2)CC1. The highest BCUT2D eigenvalue weighted by atomic mass is 16.2. The van der Waals surface area contributed by atoms with Crippen molar-refractivity contribution in [3.8, 4) is 0 Å². The molecule has 1 aromatic rings. The summed E-state index contributed by atoms with van der Waals surface area (Å²) in [4.78, 5) is 41.5. The van der Waals surface area contributed by atoms with Crippen molar-refractivity contribution < 1.29 is 9.59 Å². The molecule has 1 N–H and O–H groups in total. The molecule has 4 heterocycles. The van der Waals surface area contributed by atoms with Gasteiger partial charge in [-0.1, -0.05) is 20.8 Å². The number of anilines is 1. The summed E-state index contributed by atoms with van der Waals surface area (Å²) < 4.78 is 1.94. The van der Waals surface area contributed by atoms with Crippen molar-refractivity contribution in [2.45, 2.75) is 71.9 Å². The van der Waals surface area contributed by atoms with Gasteiger partial charge in [0.1, 0.15) is 5.69 Å². The third-order valence-electron chi connectivity index (χ3n) is 6.94. The van der Waals surface area contributed by atoms with E-state index in [1.165, 1.54) is 0 Å². The van der Waals surface area contributed by atoms with Crippen LogP contribution in [0.25, 0.3) is 0 Å². The Labute approximate surface area is 184 Å². The van der Waals surface area contributed by atoms with Crippen LogP contribution in [0.5, 0.6) is 0 Å². The molecular formula is C24H36N4O3. The molecule has 0 aromatic carbocycles. The number of hydrogen-bond acceptors (Lipinski definition) is 4. The minimum Gasteiger partial charge on any atom is -0.378 e. The average Bonchev–Trinajstić information content (AvgIpc) is 2.69. The first-order valence-corrected chi connectivity index (χ1v) is 11.6. The molecule has 3 aliphatic heterocycles. The number of piperidine rings is 2. The van der Waals surface area contributed by atoms with Crippen LogP contribution in [0.1, 0.15) is 65.0 Å². The summed E-state index contributed by atoms with van der Waals surface area (Å²) in [6.45, 7) is 11.5. The monoisotopic (exact) mass is 428 g/mol. The van der Waals surface area contributed by atoms with Crippen LogP contribution >= 0.6 is 0 Å². The lowest BCUT2D eigenvalue weighted by atomic mass is 9.82. The molecule has 7 nitrogen and oxygen atoms in total. The Kier molecular flexibility index (Phi) is 5.88. The van der Waals surface area contributed by atoms with Crippen LogP contribution in [0.2, 0.25) is 0 Å². The molecule has 7 heteroatoms. The summed E-state index contributed by atoms with van der Waals surface area (Å²) in [5.41, 5.74) is 1.76. The highest BCUT2D eigenvalue weighted by Gasteiger charge is 2.37. The van der Waals surface area contributed by atoms with Crippen molar-refractivity contribution in [1.29, 1.82) is 0 Å². The van der Waals surface area contributed by atoms with E-state index < -0.39 is 0 Å². The highest BCUT2D eigenvalue weighted by Crippen LogP contribution is 2.36. The number of carbonyl (C=O) groups excluding carboxylic acids is 2. The second-order valence-corrected chi connectivity index (χ2v) is 10.8. The largest absolute Gasteiger partial charge is 0.378 e. The second kappa shape index (κ2) is 8.32. The minimum absolute atomic E-state index is 0.0143. The van der Waals surface area contributed by atoms with Crippen LogP contribution in [-0.4, -0.2) is 58.4 Å². The van der Waals surface area contributed by atoms with Crippen LogP contribution in [0.4, 0.5) is 5.69 Å². The third-order valence-corrected chi connectivity index (χ3v) is 6.94. The van der Waals surface area contributed by atoms with E-state index in [1.54, 1.807) is 6.92 Å². The lowest BCUT2D eigenvalue weighted by Gasteiger charge is -2.43. The van der Waals surface area contributed by atoms with E-state index in [4.69, 9.17) is 0 Å². The molecule has 0 radical (unpaired) electrons. The van der Waals surface area contributed by atoms with Crippen molar-refractivity contribution in [3.63, 3.8) is 0 Å². The first-order chi connectivity index (χ1) is 14.6. The zero-order valence-corrected chi connectivity index (χ0v) is 19.3. The topological polar surface area (TPSA) is 74.7 Å². The Bertz CT molecular complexity index is 908. The summed E-state index contributed by atoms with van der Waals surface area (Å²) in [5.74, 6) is 0.918. The van der Waals surface area contributed by atoms with Gasteiger partial charge in [-0.2, -0.15) is 0 Å².